The fourth-order valence-corrected chi connectivity index (χ4v) is 2.05. The zero-order valence-electron chi connectivity index (χ0n) is 10.5. The quantitative estimate of drug-likeness (QED) is 0.671. The topological polar surface area (TPSA) is 86.6 Å². The summed E-state index contributed by atoms with van der Waals surface area (Å²) in [4.78, 5) is 21.9. The van der Waals surface area contributed by atoms with Gasteiger partial charge in [-0.1, -0.05) is 12.1 Å². The van der Waals surface area contributed by atoms with Crippen molar-refractivity contribution in [1.29, 1.82) is 0 Å². The van der Waals surface area contributed by atoms with E-state index in [1.165, 1.54) is 0 Å². The molecule has 3 N–H and O–H groups in total. The molecule has 6 heteroatoms. The maximum Gasteiger partial charge on any atom is 0.313 e. The first-order chi connectivity index (χ1) is 9.11. The van der Waals surface area contributed by atoms with E-state index in [4.69, 9.17) is 10.2 Å². The van der Waals surface area contributed by atoms with Crippen molar-refractivity contribution in [3.05, 3.63) is 29.8 Å². The highest BCUT2D eigenvalue weighted by Gasteiger charge is 2.05. The van der Waals surface area contributed by atoms with Crippen LogP contribution in [0.5, 0.6) is 0 Å². The molecule has 0 fully saturated rings. The summed E-state index contributed by atoms with van der Waals surface area (Å²) in [6.07, 6.45) is 1.44. The number of amides is 1. The Hall–Kier alpha value is -1.53. The lowest BCUT2D eigenvalue weighted by Crippen LogP contribution is -2.15. The molecule has 1 rings (SSSR count). The van der Waals surface area contributed by atoms with Gasteiger partial charge in [0.05, 0.1) is 11.5 Å². The molecule has 1 aromatic carbocycles. The van der Waals surface area contributed by atoms with Crippen LogP contribution in [0.3, 0.4) is 0 Å². The Kier molecular flexibility index (Phi) is 6.99. The molecule has 5 nitrogen and oxygen atoms in total. The molecule has 0 spiro atoms. The van der Waals surface area contributed by atoms with Crippen LogP contribution in [-0.2, 0) is 16.0 Å². The molecule has 0 aliphatic heterocycles. The van der Waals surface area contributed by atoms with Crippen molar-refractivity contribution in [2.24, 2.45) is 0 Å². The van der Waals surface area contributed by atoms with E-state index >= 15 is 0 Å². The third-order valence-corrected chi connectivity index (χ3v) is 3.21. The van der Waals surface area contributed by atoms with Crippen molar-refractivity contribution < 1.29 is 19.8 Å². The van der Waals surface area contributed by atoms with Crippen LogP contribution in [0, 0.1) is 0 Å². The molecule has 1 aromatic rings. The summed E-state index contributed by atoms with van der Waals surface area (Å²) < 4.78 is 0. The maximum atomic E-state index is 11.6. The van der Waals surface area contributed by atoms with Gasteiger partial charge in [0, 0.05) is 12.3 Å². The minimum absolute atomic E-state index is 0.0794. The molecule has 104 valence electrons. The number of carboxylic acids is 1. The Morgan fingerprint density at radius 3 is 2.74 bits per heavy atom. The van der Waals surface area contributed by atoms with E-state index in [2.05, 4.69) is 5.32 Å². The number of benzene rings is 1. The molecular formula is C13H17NO4S. The summed E-state index contributed by atoms with van der Waals surface area (Å²) in [5.74, 6) is -1.11. The van der Waals surface area contributed by atoms with Gasteiger partial charge in [0.15, 0.2) is 0 Å². The second-order valence-corrected chi connectivity index (χ2v) is 4.95. The summed E-state index contributed by atoms with van der Waals surface area (Å²) in [7, 11) is 0. The second kappa shape index (κ2) is 8.55. The Labute approximate surface area is 116 Å². The van der Waals surface area contributed by atoms with Crippen molar-refractivity contribution in [3.63, 3.8) is 0 Å². The summed E-state index contributed by atoms with van der Waals surface area (Å²) in [5, 5.41) is 19.9. The molecule has 0 unspecified atom stereocenters. The average Bonchev–Trinajstić information content (AvgIpc) is 2.36. The van der Waals surface area contributed by atoms with Crippen LogP contribution in [0.4, 0.5) is 5.69 Å². The number of aryl methyl sites for hydroxylation is 1. The molecule has 0 atom stereocenters. The highest BCUT2D eigenvalue weighted by molar-refractivity contribution is 8.00. The SMILES string of the molecule is O=C(O)CSCC(=O)Nc1cccc(CCCO)c1. The highest BCUT2D eigenvalue weighted by atomic mass is 32.2. The summed E-state index contributed by atoms with van der Waals surface area (Å²) in [5.41, 5.74) is 1.74. The fraction of sp³-hybridized carbons (Fsp3) is 0.385. The fourth-order valence-electron chi connectivity index (χ4n) is 1.52. The number of thioether (sulfide) groups is 1. The molecule has 1 amide bonds. The standard InChI is InChI=1S/C13H17NO4S/c15-6-2-4-10-3-1-5-11(7-10)14-12(16)8-19-9-13(17)18/h1,3,5,7,15H,2,4,6,8-9H2,(H,14,16)(H,17,18). The number of aliphatic hydroxyl groups is 1. The largest absolute Gasteiger partial charge is 0.481 e. The van der Waals surface area contributed by atoms with Crippen molar-refractivity contribution in [2.75, 3.05) is 23.4 Å². The van der Waals surface area contributed by atoms with Gasteiger partial charge in [0.25, 0.3) is 0 Å². The maximum absolute atomic E-state index is 11.6. The molecule has 19 heavy (non-hydrogen) atoms. The number of hydrogen-bond donors (Lipinski definition) is 3. The van der Waals surface area contributed by atoms with Gasteiger partial charge in [0.1, 0.15) is 0 Å². The van der Waals surface area contributed by atoms with Crippen molar-refractivity contribution in [3.8, 4) is 0 Å². The Balaban J connectivity index is 2.42. The minimum atomic E-state index is -0.927. The number of aliphatic carboxylic acids is 1. The predicted octanol–water partition coefficient (Wildman–Crippen LogP) is 1.37. The molecule has 0 saturated carbocycles. The van der Waals surface area contributed by atoms with Gasteiger partial charge in [0.2, 0.25) is 5.91 Å². The Morgan fingerprint density at radius 1 is 1.26 bits per heavy atom. The van der Waals surface area contributed by atoms with Crippen LogP contribution < -0.4 is 5.32 Å². The van der Waals surface area contributed by atoms with E-state index < -0.39 is 5.97 Å². The third kappa shape index (κ3) is 6.83. The van der Waals surface area contributed by atoms with Gasteiger partial charge in [-0.25, -0.2) is 0 Å². The summed E-state index contributed by atoms with van der Waals surface area (Å²) in [6.45, 7) is 0.141. The van der Waals surface area contributed by atoms with E-state index in [0.29, 0.717) is 12.1 Å². The Morgan fingerprint density at radius 2 is 2.05 bits per heavy atom. The van der Waals surface area contributed by atoms with Gasteiger partial charge in [-0.15, -0.1) is 11.8 Å². The molecule has 0 aromatic heterocycles. The second-order valence-electron chi connectivity index (χ2n) is 3.96. The molecular weight excluding hydrogens is 266 g/mol. The van der Waals surface area contributed by atoms with Crippen LogP contribution in [0.15, 0.2) is 24.3 Å². The number of aliphatic hydroxyl groups excluding tert-OH is 1. The number of anilines is 1. The number of carbonyl (C=O) groups is 2. The number of hydrogen-bond acceptors (Lipinski definition) is 4. The van der Waals surface area contributed by atoms with Crippen LogP contribution in [0.1, 0.15) is 12.0 Å². The molecule has 0 aliphatic carbocycles. The Bertz CT molecular complexity index is 436. The van der Waals surface area contributed by atoms with E-state index in [9.17, 15) is 9.59 Å². The lowest BCUT2D eigenvalue weighted by atomic mass is 10.1. The van der Waals surface area contributed by atoms with Gasteiger partial charge in [-0.05, 0) is 30.5 Å². The zero-order valence-corrected chi connectivity index (χ0v) is 11.3. The van der Waals surface area contributed by atoms with E-state index in [1.54, 1.807) is 6.07 Å². The lowest BCUT2D eigenvalue weighted by molar-refractivity contribution is -0.133. The first-order valence-electron chi connectivity index (χ1n) is 5.91. The van der Waals surface area contributed by atoms with Crippen molar-refractivity contribution in [1.82, 2.24) is 0 Å². The minimum Gasteiger partial charge on any atom is -0.481 e. The van der Waals surface area contributed by atoms with Crippen LogP contribution in [0.25, 0.3) is 0 Å². The number of nitrogens with one attached hydrogen (secondary N) is 1. The number of carboxylic acid groups (broad SMARTS) is 1. The summed E-state index contributed by atoms with van der Waals surface area (Å²) in [6, 6.07) is 7.41. The molecule has 0 saturated heterocycles. The predicted molar refractivity (Wildman–Crippen MR) is 75.4 cm³/mol. The van der Waals surface area contributed by atoms with Gasteiger partial charge in [-0.2, -0.15) is 0 Å². The monoisotopic (exact) mass is 283 g/mol. The average molecular weight is 283 g/mol. The first-order valence-corrected chi connectivity index (χ1v) is 7.06. The molecule has 0 radical (unpaired) electrons. The smallest absolute Gasteiger partial charge is 0.313 e. The lowest BCUT2D eigenvalue weighted by Gasteiger charge is -2.06. The zero-order chi connectivity index (χ0) is 14.1. The van der Waals surface area contributed by atoms with Gasteiger partial charge < -0.3 is 15.5 Å². The van der Waals surface area contributed by atoms with Crippen LogP contribution in [0.2, 0.25) is 0 Å². The number of carbonyl (C=O) groups excluding carboxylic acids is 1. The van der Waals surface area contributed by atoms with Crippen molar-refractivity contribution in [2.45, 2.75) is 12.8 Å². The van der Waals surface area contributed by atoms with E-state index in [-0.39, 0.29) is 24.0 Å². The van der Waals surface area contributed by atoms with Gasteiger partial charge in [-0.3, -0.25) is 9.59 Å². The normalized spacial score (nSPS) is 10.2. The van der Waals surface area contributed by atoms with E-state index in [0.717, 1.165) is 23.7 Å². The van der Waals surface area contributed by atoms with E-state index in [1.807, 2.05) is 18.2 Å². The summed E-state index contributed by atoms with van der Waals surface area (Å²) >= 11 is 1.06. The molecule has 0 heterocycles. The van der Waals surface area contributed by atoms with Crippen LogP contribution in [-0.4, -0.2) is 40.2 Å². The molecule has 0 aliphatic rings. The highest BCUT2D eigenvalue weighted by Crippen LogP contribution is 2.13. The van der Waals surface area contributed by atoms with Gasteiger partial charge >= 0.3 is 5.97 Å². The van der Waals surface area contributed by atoms with Crippen LogP contribution >= 0.6 is 11.8 Å². The number of rotatable bonds is 8. The molecule has 0 bridgehead atoms. The third-order valence-electron chi connectivity index (χ3n) is 2.29. The first kappa shape index (κ1) is 15.5. The van der Waals surface area contributed by atoms with Crippen molar-refractivity contribution >= 4 is 29.3 Å².